The molecule has 2 aromatic rings. The van der Waals surface area contributed by atoms with Gasteiger partial charge in [0.25, 0.3) is 11.8 Å². The zero-order valence-corrected chi connectivity index (χ0v) is 12.8. The third-order valence-corrected chi connectivity index (χ3v) is 3.24. The highest BCUT2D eigenvalue weighted by molar-refractivity contribution is 5.94. The first-order chi connectivity index (χ1) is 11.4. The molecule has 0 aliphatic heterocycles. The van der Waals surface area contributed by atoms with E-state index in [9.17, 15) is 22.8 Å². The Bertz CT molecular complexity index is 736. The van der Waals surface area contributed by atoms with Crippen LogP contribution in [0.4, 0.5) is 13.2 Å². The van der Waals surface area contributed by atoms with Gasteiger partial charge in [0, 0.05) is 24.2 Å². The predicted molar refractivity (Wildman–Crippen MR) is 79.0 cm³/mol. The van der Waals surface area contributed by atoms with Crippen LogP contribution in [0.1, 0.15) is 32.9 Å². The van der Waals surface area contributed by atoms with Crippen molar-refractivity contribution >= 4 is 11.8 Å². The number of carbonyl (C=O) groups excluding carboxylic acids is 2. The van der Waals surface area contributed by atoms with Gasteiger partial charge in [-0.05, 0) is 31.5 Å². The molecule has 0 radical (unpaired) electrons. The molecule has 0 saturated carbocycles. The minimum absolute atomic E-state index is 0.164. The van der Waals surface area contributed by atoms with Gasteiger partial charge in [-0.1, -0.05) is 0 Å². The minimum atomic E-state index is -1.62. The maximum absolute atomic E-state index is 13.0. The number of aryl methyl sites for hydroxylation is 1. The first-order valence-electron chi connectivity index (χ1n) is 7.15. The largest absolute Gasteiger partial charge is 0.459 e. The third-order valence-electron chi connectivity index (χ3n) is 3.24. The fourth-order valence-corrected chi connectivity index (χ4v) is 1.97. The highest BCUT2D eigenvalue weighted by Gasteiger charge is 2.15. The fraction of sp³-hybridized carbons (Fsp3) is 0.250. The Morgan fingerprint density at radius 1 is 1.04 bits per heavy atom. The van der Waals surface area contributed by atoms with Crippen LogP contribution in [0.25, 0.3) is 0 Å². The lowest BCUT2D eigenvalue weighted by atomic mass is 10.2. The molecule has 2 rings (SSSR count). The molecular weight excluding hydrogens is 325 g/mol. The summed E-state index contributed by atoms with van der Waals surface area (Å²) < 4.78 is 43.9. The average Bonchev–Trinajstić information content (AvgIpc) is 2.97. The summed E-state index contributed by atoms with van der Waals surface area (Å²) in [5, 5.41) is 5.03. The SMILES string of the molecule is Cc1ccoc1C(=O)NCCCNC(=O)c1cc(F)c(F)c(F)c1. The molecule has 0 unspecified atom stereocenters. The first kappa shape index (κ1) is 17.6. The van der Waals surface area contributed by atoms with E-state index in [2.05, 4.69) is 10.6 Å². The van der Waals surface area contributed by atoms with Crippen molar-refractivity contribution in [3.05, 3.63) is 58.8 Å². The zero-order valence-electron chi connectivity index (χ0n) is 12.8. The van der Waals surface area contributed by atoms with Crippen LogP contribution in [0.3, 0.4) is 0 Å². The summed E-state index contributed by atoms with van der Waals surface area (Å²) in [6, 6.07) is 2.90. The number of amides is 2. The van der Waals surface area contributed by atoms with E-state index in [-0.39, 0.29) is 30.3 Å². The van der Waals surface area contributed by atoms with E-state index in [0.717, 1.165) is 0 Å². The summed E-state index contributed by atoms with van der Waals surface area (Å²) >= 11 is 0. The Hall–Kier alpha value is -2.77. The zero-order chi connectivity index (χ0) is 17.7. The van der Waals surface area contributed by atoms with Crippen molar-refractivity contribution in [3.8, 4) is 0 Å². The summed E-state index contributed by atoms with van der Waals surface area (Å²) in [5.41, 5.74) is 0.391. The summed E-state index contributed by atoms with van der Waals surface area (Å²) in [4.78, 5) is 23.5. The number of carbonyl (C=O) groups is 2. The molecule has 0 aliphatic carbocycles. The molecular formula is C16H15F3N2O3. The molecule has 24 heavy (non-hydrogen) atoms. The summed E-state index contributed by atoms with van der Waals surface area (Å²) in [5.74, 6) is -5.37. The van der Waals surface area contributed by atoms with E-state index in [0.29, 0.717) is 24.1 Å². The Labute approximate surface area is 135 Å². The van der Waals surface area contributed by atoms with Gasteiger partial charge in [0.1, 0.15) is 0 Å². The summed E-state index contributed by atoms with van der Waals surface area (Å²) in [6.45, 7) is 2.17. The quantitative estimate of drug-likeness (QED) is 0.627. The number of nitrogens with one attached hydrogen (secondary N) is 2. The topological polar surface area (TPSA) is 71.3 Å². The number of rotatable bonds is 6. The molecule has 0 fully saturated rings. The highest BCUT2D eigenvalue weighted by atomic mass is 19.2. The average molecular weight is 340 g/mol. The lowest BCUT2D eigenvalue weighted by molar-refractivity contribution is 0.0924. The van der Waals surface area contributed by atoms with Gasteiger partial charge in [-0.15, -0.1) is 0 Å². The van der Waals surface area contributed by atoms with Gasteiger partial charge in [0.2, 0.25) is 0 Å². The monoisotopic (exact) mass is 340 g/mol. The molecule has 5 nitrogen and oxygen atoms in total. The predicted octanol–water partition coefficient (Wildman–Crippen LogP) is 2.56. The highest BCUT2D eigenvalue weighted by Crippen LogP contribution is 2.13. The van der Waals surface area contributed by atoms with Crippen molar-refractivity contribution in [2.24, 2.45) is 0 Å². The van der Waals surface area contributed by atoms with Crippen LogP contribution in [0.5, 0.6) is 0 Å². The molecule has 2 N–H and O–H groups in total. The lowest BCUT2D eigenvalue weighted by Crippen LogP contribution is -2.30. The normalized spacial score (nSPS) is 10.5. The number of benzene rings is 1. The Morgan fingerprint density at radius 2 is 1.62 bits per heavy atom. The molecule has 1 heterocycles. The van der Waals surface area contributed by atoms with Crippen molar-refractivity contribution in [3.63, 3.8) is 0 Å². The Kier molecular flexibility index (Phi) is 5.62. The standard InChI is InChI=1S/C16H15F3N2O3/c1-9-3-6-24-14(9)16(23)21-5-2-4-20-15(22)10-7-11(17)13(19)12(18)8-10/h3,6-8H,2,4-5H2,1H3,(H,20,22)(H,21,23). The minimum Gasteiger partial charge on any atom is -0.459 e. The van der Waals surface area contributed by atoms with Gasteiger partial charge < -0.3 is 15.1 Å². The maximum atomic E-state index is 13.0. The maximum Gasteiger partial charge on any atom is 0.287 e. The molecule has 1 aromatic heterocycles. The summed E-state index contributed by atoms with van der Waals surface area (Å²) in [6.07, 6.45) is 1.80. The number of hydrogen-bond donors (Lipinski definition) is 2. The van der Waals surface area contributed by atoms with Crippen molar-refractivity contribution < 1.29 is 27.2 Å². The van der Waals surface area contributed by atoms with E-state index in [1.165, 1.54) is 6.26 Å². The van der Waals surface area contributed by atoms with Crippen molar-refractivity contribution in [1.29, 1.82) is 0 Å². The van der Waals surface area contributed by atoms with Gasteiger partial charge in [0.15, 0.2) is 23.2 Å². The van der Waals surface area contributed by atoms with Crippen LogP contribution in [-0.2, 0) is 0 Å². The van der Waals surface area contributed by atoms with E-state index in [1.807, 2.05) is 0 Å². The van der Waals surface area contributed by atoms with Crippen LogP contribution < -0.4 is 10.6 Å². The van der Waals surface area contributed by atoms with Crippen LogP contribution in [0.15, 0.2) is 28.9 Å². The molecule has 8 heteroatoms. The van der Waals surface area contributed by atoms with Gasteiger partial charge >= 0.3 is 0 Å². The molecule has 2 amide bonds. The van der Waals surface area contributed by atoms with E-state index >= 15 is 0 Å². The number of furan rings is 1. The van der Waals surface area contributed by atoms with Gasteiger partial charge in [-0.3, -0.25) is 9.59 Å². The molecule has 0 atom stereocenters. The molecule has 0 bridgehead atoms. The van der Waals surface area contributed by atoms with Gasteiger partial charge in [-0.2, -0.15) is 0 Å². The number of hydrogen-bond acceptors (Lipinski definition) is 3. The Morgan fingerprint density at radius 3 is 2.17 bits per heavy atom. The van der Waals surface area contributed by atoms with Crippen LogP contribution in [-0.4, -0.2) is 24.9 Å². The second-order valence-electron chi connectivity index (χ2n) is 5.05. The summed E-state index contributed by atoms with van der Waals surface area (Å²) in [7, 11) is 0. The van der Waals surface area contributed by atoms with Crippen LogP contribution >= 0.6 is 0 Å². The first-order valence-corrected chi connectivity index (χ1v) is 7.15. The molecule has 0 saturated heterocycles. The van der Waals surface area contributed by atoms with Crippen molar-refractivity contribution in [2.45, 2.75) is 13.3 Å². The Balaban J connectivity index is 1.75. The van der Waals surface area contributed by atoms with Crippen molar-refractivity contribution in [2.75, 3.05) is 13.1 Å². The van der Waals surface area contributed by atoms with Gasteiger partial charge in [0.05, 0.1) is 6.26 Å². The third kappa shape index (κ3) is 4.15. The van der Waals surface area contributed by atoms with E-state index in [4.69, 9.17) is 4.42 Å². The second kappa shape index (κ2) is 7.67. The number of halogens is 3. The van der Waals surface area contributed by atoms with Crippen LogP contribution in [0, 0.1) is 24.4 Å². The second-order valence-corrected chi connectivity index (χ2v) is 5.05. The van der Waals surface area contributed by atoms with Gasteiger partial charge in [-0.25, -0.2) is 13.2 Å². The van der Waals surface area contributed by atoms with E-state index < -0.39 is 23.4 Å². The van der Waals surface area contributed by atoms with Crippen molar-refractivity contribution in [1.82, 2.24) is 10.6 Å². The molecule has 0 aliphatic rings. The smallest absolute Gasteiger partial charge is 0.287 e. The van der Waals surface area contributed by atoms with E-state index in [1.54, 1.807) is 13.0 Å². The van der Waals surface area contributed by atoms with Crippen LogP contribution in [0.2, 0.25) is 0 Å². The molecule has 0 spiro atoms. The molecule has 128 valence electrons. The lowest BCUT2D eigenvalue weighted by Gasteiger charge is -2.07. The fourth-order valence-electron chi connectivity index (χ4n) is 1.97. The molecule has 1 aromatic carbocycles.